The van der Waals surface area contributed by atoms with Gasteiger partial charge < -0.3 is 9.64 Å². The molecule has 1 rings (SSSR count). The van der Waals surface area contributed by atoms with Crippen LogP contribution in [-0.4, -0.2) is 32.1 Å². The van der Waals surface area contributed by atoms with Crippen molar-refractivity contribution >= 4 is 0 Å². The minimum absolute atomic E-state index is 0.265. The molecule has 6 heteroatoms. The van der Waals surface area contributed by atoms with E-state index in [4.69, 9.17) is 10.00 Å². The van der Waals surface area contributed by atoms with E-state index in [1.807, 2.05) is 19.0 Å². The van der Waals surface area contributed by atoms with Crippen LogP contribution < -0.4 is 4.74 Å². The molecule has 98 valence electrons. The third-order valence-electron chi connectivity index (χ3n) is 2.22. The van der Waals surface area contributed by atoms with Crippen molar-refractivity contribution in [1.29, 1.82) is 5.26 Å². The predicted molar refractivity (Wildman–Crippen MR) is 60.2 cm³/mol. The van der Waals surface area contributed by atoms with Crippen LogP contribution in [0.5, 0.6) is 5.75 Å². The fourth-order valence-corrected chi connectivity index (χ4v) is 1.30. The Bertz CT molecular complexity index is 450. The highest BCUT2D eigenvalue weighted by molar-refractivity contribution is 5.44. The molecular weight excluding hydrogens is 245 g/mol. The molecule has 0 radical (unpaired) electrons. The molecule has 0 aliphatic carbocycles. The maximum absolute atomic E-state index is 12.5. The lowest BCUT2D eigenvalue weighted by Gasteiger charge is -2.13. The molecule has 0 aliphatic heterocycles. The van der Waals surface area contributed by atoms with Crippen molar-refractivity contribution in [1.82, 2.24) is 4.90 Å². The minimum atomic E-state index is -4.52. The second kappa shape index (κ2) is 5.74. The first-order chi connectivity index (χ1) is 8.34. The topological polar surface area (TPSA) is 36.3 Å². The van der Waals surface area contributed by atoms with Crippen LogP contribution >= 0.6 is 0 Å². The summed E-state index contributed by atoms with van der Waals surface area (Å²) >= 11 is 0. The van der Waals surface area contributed by atoms with E-state index in [0.29, 0.717) is 13.2 Å². The first-order valence-corrected chi connectivity index (χ1v) is 5.23. The summed E-state index contributed by atoms with van der Waals surface area (Å²) in [6, 6.07) is 4.73. The third kappa shape index (κ3) is 3.93. The lowest BCUT2D eigenvalue weighted by atomic mass is 10.1. The summed E-state index contributed by atoms with van der Waals surface area (Å²) in [6.45, 7) is 0.992. The smallest absolute Gasteiger partial charge is 0.417 e. The molecule has 0 bridgehead atoms. The highest BCUT2D eigenvalue weighted by atomic mass is 19.4. The molecule has 0 spiro atoms. The summed E-state index contributed by atoms with van der Waals surface area (Å²) in [5, 5.41) is 8.71. The fourth-order valence-electron chi connectivity index (χ4n) is 1.30. The van der Waals surface area contributed by atoms with Gasteiger partial charge in [0.2, 0.25) is 0 Å². The molecule has 0 saturated carbocycles. The number of ether oxygens (including phenoxy) is 1. The molecule has 0 unspecified atom stereocenters. The summed E-state index contributed by atoms with van der Waals surface area (Å²) in [4.78, 5) is 1.88. The van der Waals surface area contributed by atoms with E-state index in [1.165, 1.54) is 12.1 Å². The van der Waals surface area contributed by atoms with Crippen LogP contribution in [0.25, 0.3) is 0 Å². The third-order valence-corrected chi connectivity index (χ3v) is 2.22. The molecule has 0 saturated heterocycles. The molecule has 0 heterocycles. The lowest BCUT2D eigenvalue weighted by molar-refractivity contribution is -0.137. The number of rotatable bonds is 4. The molecule has 3 nitrogen and oxygen atoms in total. The number of hydrogen-bond acceptors (Lipinski definition) is 3. The van der Waals surface area contributed by atoms with Gasteiger partial charge in [0.25, 0.3) is 0 Å². The maximum atomic E-state index is 12.5. The molecular formula is C12H13F3N2O. The zero-order valence-electron chi connectivity index (χ0n) is 10.1. The van der Waals surface area contributed by atoms with Crippen molar-refractivity contribution in [3.05, 3.63) is 29.3 Å². The van der Waals surface area contributed by atoms with Crippen molar-refractivity contribution in [2.75, 3.05) is 27.2 Å². The van der Waals surface area contributed by atoms with Crippen molar-refractivity contribution in [3.63, 3.8) is 0 Å². The summed E-state index contributed by atoms with van der Waals surface area (Å²) in [5.41, 5.74) is -1.37. The Labute approximate surface area is 103 Å². The van der Waals surface area contributed by atoms with Crippen molar-refractivity contribution in [2.45, 2.75) is 6.18 Å². The van der Waals surface area contributed by atoms with Crippen LogP contribution in [-0.2, 0) is 6.18 Å². The number of benzene rings is 1. The van der Waals surface area contributed by atoms with Gasteiger partial charge >= 0.3 is 6.18 Å². The number of alkyl halides is 3. The number of nitriles is 1. The molecule has 18 heavy (non-hydrogen) atoms. The molecule has 0 N–H and O–H groups in total. The average Bonchev–Trinajstić information content (AvgIpc) is 2.26. The SMILES string of the molecule is CN(C)CCOc1ccc(C(F)(F)F)c(C#N)c1. The van der Waals surface area contributed by atoms with E-state index in [1.54, 1.807) is 0 Å². The van der Waals surface area contributed by atoms with Gasteiger partial charge in [-0.1, -0.05) is 0 Å². The van der Waals surface area contributed by atoms with Crippen LogP contribution in [0.1, 0.15) is 11.1 Å². The van der Waals surface area contributed by atoms with E-state index < -0.39 is 17.3 Å². The van der Waals surface area contributed by atoms with Gasteiger partial charge in [0.05, 0.1) is 17.2 Å². The first kappa shape index (κ1) is 14.3. The van der Waals surface area contributed by atoms with E-state index in [-0.39, 0.29) is 5.75 Å². The second-order valence-corrected chi connectivity index (χ2v) is 3.97. The first-order valence-electron chi connectivity index (χ1n) is 5.23. The molecule has 0 amide bonds. The summed E-state index contributed by atoms with van der Waals surface area (Å²) < 4.78 is 42.8. The van der Waals surface area contributed by atoms with Crippen LogP contribution in [0, 0.1) is 11.3 Å². The number of likely N-dealkylation sites (N-methyl/N-ethyl adjacent to an activating group) is 1. The van der Waals surface area contributed by atoms with Crippen molar-refractivity contribution in [3.8, 4) is 11.8 Å². The molecule has 0 aliphatic rings. The van der Waals surface area contributed by atoms with Gasteiger partial charge in [-0.25, -0.2) is 0 Å². The van der Waals surface area contributed by atoms with Gasteiger partial charge in [0.15, 0.2) is 0 Å². The standard InChI is InChI=1S/C12H13F3N2O/c1-17(2)5-6-18-10-3-4-11(12(13,14)15)9(7-10)8-16/h3-4,7H,5-6H2,1-2H3. The lowest BCUT2D eigenvalue weighted by Crippen LogP contribution is -2.19. The largest absolute Gasteiger partial charge is 0.492 e. The Morgan fingerprint density at radius 3 is 2.50 bits per heavy atom. The Kier molecular flexibility index (Phi) is 4.56. The average molecular weight is 258 g/mol. The van der Waals surface area contributed by atoms with Gasteiger partial charge in [-0.15, -0.1) is 0 Å². The van der Waals surface area contributed by atoms with E-state index in [9.17, 15) is 13.2 Å². The van der Waals surface area contributed by atoms with E-state index in [2.05, 4.69) is 0 Å². The van der Waals surface area contributed by atoms with E-state index >= 15 is 0 Å². The summed E-state index contributed by atoms with van der Waals surface area (Å²) in [7, 11) is 3.72. The van der Waals surface area contributed by atoms with Crippen LogP contribution in [0.2, 0.25) is 0 Å². The number of hydrogen-bond donors (Lipinski definition) is 0. The monoisotopic (exact) mass is 258 g/mol. The van der Waals surface area contributed by atoms with E-state index in [0.717, 1.165) is 12.1 Å². The Morgan fingerprint density at radius 1 is 1.33 bits per heavy atom. The molecule has 1 aromatic carbocycles. The quantitative estimate of drug-likeness (QED) is 0.832. The minimum Gasteiger partial charge on any atom is -0.492 e. The number of nitrogens with zero attached hydrogens (tertiary/aromatic N) is 2. The fraction of sp³-hybridized carbons (Fsp3) is 0.417. The Morgan fingerprint density at radius 2 is 2.00 bits per heavy atom. The second-order valence-electron chi connectivity index (χ2n) is 3.97. The van der Waals surface area contributed by atoms with Crippen molar-refractivity contribution in [2.24, 2.45) is 0 Å². The van der Waals surface area contributed by atoms with Gasteiger partial charge in [0, 0.05) is 6.54 Å². The maximum Gasteiger partial charge on any atom is 0.417 e. The zero-order chi connectivity index (χ0) is 13.8. The van der Waals surface area contributed by atoms with Gasteiger partial charge in [-0.2, -0.15) is 18.4 Å². The highest BCUT2D eigenvalue weighted by Crippen LogP contribution is 2.33. The van der Waals surface area contributed by atoms with Gasteiger partial charge in [0.1, 0.15) is 12.4 Å². The number of halogens is 3. The Balaban J connectivity index is 2.84. The normalized spacial score (nSPS) is 11.4. The molecule has 0 aromatic heterocycles. The molecule has 1 aromatic rings. The Hall–Kier alpha value is -1.74. The zero-order valence-corrected chi connectivity index (χ0v) is 10.1. The van der Waals surface area contributed by atoms with Crippen LogP contribution in [0.4, 0.5) is 13.2 Å². The highest BCUT2D eigenvalue weighted by Gasteiger charge is 2.33. The predicted octanol–water partition coefficient (Wildman–Crippen LogP) is 2.52. The summed E-state index contributed by atoms with van der Waals surface area (Å²) in [6.07, 6.45) is -4.52. The molecule has 0 fully saturated rings. The van der Waals surface area contributed by atoms with Crippen LogP contribution in [0.15, 0.2) is 18.2 Å². The van der Waals surface area contributed by atoms with Crippen LogP contribution in [0.3, 0.4) is 0 Å². The molecule has 0 atom stereocenters. The van der Waals surface area contributed by atoms with Crippen molar-refractivity contribution < 1.29 is 17.9 Å². The van der Waals surface area contributed by atoms with Gasteiger partial charge in [-0.3, -0.25) is 0 Å². The summed E-state index contributed by atoms with van der Waals surface area (Å²) in [5.74, 6) is 0.265. The van der Waals surface area contributed by atoms with Gasteiger partial charge in [-0.05, 0) is 32.3 Å².